The summed E-state index contributed by atoms with van der Waals surface area (Å²) in [6.07, 6.45) is 2.60. The Morgan fingerprint density at radius 3 is 2.63 bits per heavy atom. The SMILES string of the molecule is NC(=O)c1ccc(NC(=O)CCC2CCNC2)cc1. The fourth-order valence-corrected chi connectivity index (χ4v) is 2.24. The summed E-state index contributed by atoms with van der Waals surface area (Å²) in [4.78, 5) is 22.7. The molecular weight excluding hydrogens is 242 g/mol. The minimum Gasteiger partial charge on any atom is -0.366 e. The third-order valence-corrected chi connectivity index (χ3v) is 3.40. The Morgan fingerprint density at radius 1 is 1.32 bits per heavy atom. The molecule has 2 amide bonds. The summed E-state index contributed by atoms with van der Waals surface area (Å²) in [5.74, 6) is 0.160. The van der Waals surface area contributed by atoms with Gasteiger partial charge in [-0.15, -0.1) is 0 Å². The molecule has 1 aromatic rings. The van der Waals surface area contributed by atoms with Crippen molar-refractivity contribution in [3.8, 4) is 0 Å². The Morgan fingerprint density at radius 2 is 2.05 bits per heavy atom. The molecule has 5 heteroatoms. The zero-order valence-corrected chi connectivity index (χ0v) is 10.8. The number of anilines is 1. The zero-order valence-electron chi connectivity index (χ0n) is 10.8. The van der Waals surface area contributed by atoms with Crippen LogP contribution in [0.3, 0.4) is 0 Å². The molecule has 102 valence electrons. The number of primary amides is 1. The number of nitrogens with one attached hydrogen (secondary N) is 2. The average molecular weight is 261 g/mol. The highest BCUT2D eigenvalue weighted by molar-refractivity contribution is 5.94. The van der Waals surface area contributed by atoms with E-state index in [1.54, 1.807) is 24.3 Å². The lowest BCUT2D eigenvalue weighted by Crippen LogP contribution is -2.15. The Bertz CT molecular complexity index is 450. The molecule has 0 radical (unpaired) electrons. The van der Waals surface area contributed by atoms with Crippen LogP contribution in [0.4, 0.5) is 5.69 Å². The molecule has 1 atom stereocenters. The third kappa shape index (κ3) is 4.06. The monoisotopic (exact) mass is 261 g/mol. The molecule has 0 aliphatic carbocycles. The maximum Gasteiger partial charge on any atom is 0.248 e. The van der Waals surface area contributed by atoms with Crippen molar-refractivity contribution in [1.82, 2.24) is 5.32 Å². The topological polar surface area (TPSA) is 84.2 Å². The van der Waals surface area contributed by atoms with E-state index in [0.29, 0.717) is 23.6 Å². The standard InChI is InChI=1S/C14H19N3O2/c15-14(19)11-2-4-12(5-3-11)17-13(18)6-1-10-7-8-16-9-10/h2-5,10,16H,1,6-9H2,(H2,15,19)(H,17,18). The maximum absolute atomic E-state index is 11.8. The second-order valence-electron chi connectivity index (χ2n) is 4.89. The van der Waals surface area contributed by atoms with Crippen LogP contribution in [0.2, 0.25) is 0 Å². The fraction of sp³-hybridized carbons (Fsp3) is 0.429. The van der Waals surface area contributed by atoms with Gasteiger partial charge in [0.05, 0.1) is 0 Å². The number of benzene rings is 1. The summed E-state index contributed by atoms with van der Waals surface area (Å²) in [6.45, 7) is 2.07. The number of carbonyl (C=O) groups is 2. The van der Waals surface area contributed by atoms with Gasteiger partial charge in [0.1, 0.15) is 0 Å². The van der Waals surface area contributed by atoms with Crippen molar-refractivity contribution in [2.24, 2.45) is 11.7 Å². The summed E-state index contributed by atoms with van der Waals surface area (Å²) < 4.78 is 0. The van der Waals surface area contributed by atoms with Gasteiger partial charge in [0, 0.05) is 17.7 Å². The van der Waals surface area contributed by atoms with Crippen LogP contribution in [0.1, 0.15) is 29.6 Å². The Balaban J connectivity index is 1.79. The van der Waals surface area contributed by atoms with Crippen molar-refractivity contribution in [1.29, 1.82) is 0 Å². The zero-order chi connectivity index (χ0) is 13.7. The van der Waals surface area contributed by atoms with Gasteiger partial charge in [0.15, 0.2) is 0 Å². The van der Waals surface area contributed by atoms with Gasteiger partial charge in [0.2, 0.25) is 11.8 Å². The summed E-state index contributed by atoms with van der Waals surface area (Å²) in [6, 6.07) is 6.60. The number of hydrogen-bond acceptors (Lipinski definition) is 3. The largest absolute Gasteiger partial charge is 0.366 e. The molecule has 4 N–H and O–H groups in total. The molecule has 1 saturated heterocycles. The van der Waals surface area contributed by atoms with E-state index in [9.17, 15) is 9.59 Å². The lowest BCUT2D eigenvalue weighted by atomic mass is 10.0. The van der Waals surface area contributed by atoms with E-state index in [-0.39, 0.29) is 5.91 Å². The molecule has 0 bridgehead atoms. The molecule has 1 unspecified atom stereocenters. The van der Waals surface area contributed by atoms with Crippen LogP contribution in [0.5, 0.6) is 0 Å². The Kier molecular flexibility index (Phi) is 4.52. The van der Waals surface area contributed by atoms with E-state index in [1.165, 1.54) is 0 Å². The van der Waals surface area contributed by atoms with Crippen LogP contribution in [0.15, 0.2) is 24.3 Å². The van der Waals surface area contributed by atoms with Crippen LogP contribution < -0.4 is 16.4 Å². The predicted molar refractivity (Wildman–Crippen MR) is 73.8 cm³/mol. The van der Waals surface area contributed by atoms with E-state index < -0.39 is 5.91 Å². The van der Waals surface area contributed by atoms with E-state index >= 15 is 0 Å². The fourth-order valence-electron chi connectivity index (χ4n) is 2.24. The first-order valence-corrected chi connectivity index (χ1v) is 6.55. The summed E-state index contributed by atoms with van der Waals surface area (Å²) in [5.41, 5.74) is 6.28. The van der Waals surface area contributed by atoms with Gasteiger partial charge in [-0.25, -0.2) is 0 Å². The molecule has 0 saturated carbocycles. The second-order valence-corrected chi connectivity index (χ2v) is 4.89. The summed E-state index contributed by atoms with van der Waals surface area (Å²) in [7, 11) is 0. The molecule has 1 fully saturated rings. The van der Waals surface area contributed by atoms with Gasteiger partial charge in [-0.1, -0.05) is 0 Å². The van der Waals surface area contributed by atoms with E-state index in [2.05, 4.69) is 10.6 Å². The number of amides is 2. The smallest absolute Gasteiger partial charge is 0.248 e. The van der Waals surface area contributed by atoms with E-state index in [4.69, 9.17) is 5.73 Å². The number of rotatable bonds is 5. The number of hydrogen-bond donors (Lipinski definition) is 3. The van der Waals surface area contributed by atoms with Crippen molar-refractivity contribution in [3.05, 3.63) is 29.8 Å². The van der Waals surface area contributed by atoms with Crippen molar-refractivity contribution >= 4 is 17.5 Å². The lowest BCUT2D eigenvalue weighted by molar-refractivity contribution is -0.116. The predicted octanol–water partition coefficient (Wildman–Crippen LogP) is 1.11. The van der Waals surface area contributed by atoms with Gasteiger partial charge < -0.3 is 16.4 Å². The van der Waals surface area contributed by atoms with Gasteiger partial charge in [0.25, 0.3) is 0 Å². The summed E-state index contributed by atoms with van der Waals surface area (Å²) >= 11 is 0. The van der Waals surface area contributed by atoms with Crippen LogP contribution in [0.25, 0.3) is 0 Å². The molecule has 1 aliphatic rings. The van der Waals surface area contributed by atoms with E-state index in [0.717, 1.165) is 25.9 Å². The minimum absolute atomic E-state index is 0.0127. The third-order valence-electron chi connectivity index (χ3n) is 3.40. The van der Waals surface area contributed by atoms with Crippen molar-refractivity contribution < 1.29 is 9.59 Å². The van der Waals surface area contributed by atoms with Crippen LogP contribution in [-0.4, -0.2) is 24.9 Å². The van der Waals surface area contributed by atoms with Gasteiger partial charge in [-0.05, 0) is 56.1 Å². The maximum atomic E-state index is 11.8. The lowest BCUT2D eigenvalue weighted by Gasteiger charge is -2.09. The van der Waals surface area contributed by atoms with E-state index in [1.807, 2.05) is 0 Å². The van der Waals surface area contributed by atoms with Crippen molar-refractivity contribution in [2.75, 3.05) is 18.4 Å². The molecule has 1 aliphatic heterocycles. The number of carbonyl (C=O) groups excluding carboxylic acids is 2. The quantitative estimate of drug-likeness (QED) is 0.742. The highest BCUT2D eigenvalue weighted by Gasteiger charge is 2.15. The minimum atomic E-state index is -0.466. The normalized spacial score (nSPS) is 18.2. The van der Waals surface area contributed by atoms with Gasteiger partial charge >= 0.3 is 0 Å². The average Bonchev–Trinajstić information content (AvgIpc) is 2.90. The molecule has 19 heavy (non-hydrogen) atoms. The molecule has 2 rings (SSSR count). The summed E-state index contributed by atoms with van der Waals surface area (Å²) in [5, 5.41) is 6.11. The first kappa shape index (κ1) is 13.5. The first-order chi connectivity index (χ1) is 9.15. The highest BCUT2D eigenvalue weighted by atomic mass is 16.1. The van der Waals surface area contributed by atoms with Crippen LogP contribution in [0, 0.1) is 5.92 Å². The van der Waals surface area contributed by atoms with Crippen LogP contribution >= 0.6 is 0 Å². The van der Waals surface area contributed by atoms with Crippen molar-refractivity contribution in [3.63, 3.8) is 0 Å². The van der Waals surface area contributed by atoms with Gasteiger partial charge in [-0.2, -0.15) is 0 Å². The first-order valence-electron chi connectivity index (χ1n) is 6.55. The van der Waals surface area contributed by atoms with Crippen molar-refractivity contribution in [2.45, 2.75) is 19.3 Å². The number of nitrogens with two attached hydrogens (primary N) is 1. The molecule has 0 spiro atoms. The van der Waals surface area contributed by atoms with Crippen LogP contribution in [-0.2, 0) is 4.79 Å². The second kappa shape index (κ2) is 6.33. The van der Waals surface area contributed by atoms with Gasteiger partial charge in [-0.3, -0.25) is 9.59 Å². The molecule has 5 nitrogen and oxygen atoms in total. The highest BCUT2D eigenvalue weighted by Crippen LogP contribution is 2.15. The molecule has 0 aromatic heterocycles. The molecule has 1 aromatic carbocycles. The molecular formula is C14H19N3O2. The molecule has 1 heterocycles. The Labute approximate surface area is 112 Å². The Hall–Kier alpha value is -1.88.